The number of nitrogens with one attached hydrogen (secondary N) is 2. The van der Waals surface area contributed by atoms with Crippen LogP contribution in [0, 0.1) is 0 Å². The van der Waals surface area contributed by atoms with Gasteiger partial charge in [0.05, 0.1) is 18.9 Å². The summed E-state index contributed by atoms with van der Waals surface area (Å²) in [4.78, 5) is 27.2. The molecule has 0 atom stereocenters. The molecule has 1 aromatic heterocycles. The maximum atomic E-state index is 12.7. The van der Waals surface area contributed by atoms with Gasteiger partial charge in [-0.3, -0.25) is 9.52 Å². The molecule has 3 rings (SSSR count). The van der Waals surface area contributed by atoms with Crippen molar-refractivity contribution in [1.82, 2.24) is 4.98 Å². The van der Waals surface area contributed by atoms with Crippen LogP contribution in [-0.4, -0.2) is 37.8 Å². The van der Waals surface area contributed by atoms with E-state index in [1.807, 2.05) is 0 Å². The van der Waals surface area contributed by atoms with E-state index >= 15 is 0 Å². The number of benzene rings is 2. The van der Waals surface area contributed by atoms with Crippen molar-refractivity contribution < 1.29 is 35.4 Å². The minimum Gasteiger partial charge on any atom is -0.496 e. The molecule has 0 aliphatic carbocycles. The third kappa shape index (κ3) is 6.19. The smallest absolute Gasteiger partial charge is 0.336 e. The Kier molecular flexibility index (Phi) is 4.46. The Morgan fingerprint density at radius 2 is 1.86 bits per heavy atom. The van der Waals surface area contributed by atoms with Crippen LogP contribution in [-0.2, 0) is 15.4 Å². The van der Waals surface area contributed by atoms with E-state index in [9.17, 15) is 23.1 Å². The SMILES string of the molecule is [2H]C([2H])([2H])C(c1cc(-c2ccc[nH]c2=O)cc(/C=C/c2ccc(NS(C)(=O)=O)cc2C(=O)O)c1OC)(C([2H])([2H])[2H])C([2H])([2H])[2H]. The van der Waals surface area contributed by atoms with Gasteiger partial charge in [-0.25, -0.2) is 13.2 Å². The molecule has 0 aliphatic heterocycles. The third-order valence-corrected chi connectivity index (χ3v) is 5.49. The number of hydrogen-bond donors (Lipinski definition) is 3. The van der Waals surface area contributed by atoms with Crippen LogP contribution in [0.3, 0.4) is 0 Å². The molecule has 35 heavy (non-hydrogen) atoms. The number of carboxylic acid groups (broad SMARTS) is 1. The highest BCUT2D eigenvalue weighted by Gasteiger charge is 2.23. The van der Waals surface area contributed by atoms with E-state index in [4.69, 9.17) is 17.1 Å². The zero-order valence-corrected chi connectivity index (χ0v) is 19.5. The van der Waals surface area contributed by atoms with Crippen molar-refractivity contribution in [1.29, 1.82) is 0 Å². The van der Waals surface area contributed by atoms with Gasteiger partial charge in [0.1, 0.15) is 5.75 Å². The average Bonchev–Trinajstić information content (AvgIpc) is 2.84. The Morgan fingerprint density at radius 3 is 2.46 bits per heavy atom. The van der Waals surface area contributed by atoms with Crippen LogP contribution < -0.4 is 15.0 Å². The van der Waals surface area contributed by atoms with Crippen LogP contribution in [0.25, 0.3) is 23.3 Å². The number of H-pyrrole nitrogens is 1. The van der Waals surface area contributed by atoms with Crippen LogP contribution in [0.5, 0.6) is 5.75 Å². The Bertz CT molecular complexity index is 1740. The lowest BCUT2D eigenvalue weighted by molar-refractivity contribution is 0.0696. The number of sulfonamides is 1. The lowest BCUT2D eigenvalue weighted by Crippen LogP contribution is -2.15. The van der Waals surface area contributed by atoms with Crippen LogP contribution in [0.4, 0.5) is 5.69 Å². The predicted octanol–water partition coefficient (Wildman–Crippen LogP) is 4.59. The molecule has 0 amide bonds. The number of methoxy groups -OCH3 is 1. The van der Waals surface area contributed by atoms with Crippen molar-refractivity contribution in [2.24, 2.45) is 0 Å². The molecule has 0 bridgehead atoms. The van der Waals surface area contributed by atoms with E-state index in [1.54, 1.807) is 0 Å². The summed E-state index contributed by atoms with van der Waals surface area (Å²) < 4.78 is 105. The summed E-state index contributed by atoms with van der Waals surface area (Å²) >= 11 is 0. The summed E-state index contributed by atoms with van der Waals surface area (Å²) in [5, 5.41) is 9.77. The van der Waals surface area contributed by atoms with Gasteiger partial charge in [-0.15, -0.1) is 0 Å². The number of carboxylic acids is 1. The first kappa shape index (κ1) is 15.9. The second-order valence-electron chi connectivity index (χ2n) is 7.62. The van der Waals surface area contributed by atoms with E-state index < -0.39 is 58.8 Å². The van der Waals surface area contributed by atoms with E-state index in [-0.39, 0.29) is 33.5 Å². The Labute approximate surface area is 217 Å². The molecular formula is C26H28N2O6S. The fraction of sp³-hybridized carbons (Fsp3) is 0.231. The van der Waals surface area contributed by atoms with Gasteiger partial charge in [0, 0.05) is 40.9 Å². The van der Waals surface area contributed by atoms with E-state index in [2.05, 4.69) is 9.71 Å². The summed E-state index contributed by atoms with van der Waals surface area (Å²) in [5.74, 6) is -1.88. The molecule has 3 N–H and O–H groups in total. The number of aromatic carboxylic acids is 1. The second-order valence-corrected chi connectivity index (χ2v) is 9.37. The molecule has 0 spiro atoms. The number of carbonyl (C=O) groups is 1. The zero-order chi connectivity index (χ0) is 33.5. The Hall–Kier alpha value is -3.85. The highest BCUT2D eigenvalue weighted by molar-refractivity contribution is 7.92. The summed E-state index contributed by atoms with van der Waals surface area (Å²) in [6.07, 6.45) is 4.69. The van der Waals surface area contributed by atoms with Crippen LogP contribution >= 0.6 is 0 Å². The van der Waals surface area contributed by atoms with Gasteiger partial charge >= 0.3 is 5.97 Å². The second kappa shape index (κ2) is 9.79. The molecule has 184 valence electrons. The van der Waals surface area contributed by atoms with Gasteiger partial charge < -0.3 is 14.8 Å². The van der Waals surface area contributed by atoms with Crippen LogP contribution in [0.15, 0.2) is 53.5 Å². The van der Waals surface area contributed by atoms with Crippen molar-refractivity contribution in [2.75, 3.05) is 18.1 Å². The standard InChI is InChI=1S/C26H28N2O6S/c1-26(2,3)22-14-18(20-7-6-12-27-24(20)29)13-17(23(22)34-4)9-8-16-10-11-19(28-35(5,32)33)15-21(16)25(30)31/h6-15,28H,1-5H3,(H,27,29)(H,30,31)/b9-8+/i1D3,2D3,3D3. The Balaban J connectivity index is 2.47. The molecule has 2 aromatic carbocycles. The first-order valence-corrected chi connectivity index (χ1v) is 11.9. The molecule has 0 radical (unpaired) electrons. The quantitative estimate of drug-likeness (QED) is 0.403. The first-order valence-electron chi connectivity index (χ1n) is 14.5. The van der Waals surface area contributed by atoms with Gasteiger partial charge in [-0.05, 0) is 52.9 Å². The van der Waals surface area contributed by atoms with E-state index in [0.717, 1.165) is 25.5 Å². The van der Waals surface area contributed by atoms with Crippen LogP contribution in [0.2, 0.25) is 0 Å². The molecule has 0 aliphatic rings. The number of hydrogen-bond acceptors (Lipinski definition) is 5. The monoisotopic (exact) mass is 505 g/mol. The number of anilines is 1. The van der Waals surface area contributed by atoms with Gasteiger partial charge in [-0.2, -0.15) is 0 Å². The van der Waals surface area contributed by atoms with E-state index in [0.29, 0.717) is 0 Å². The van der Waals surface area contributed by atoms with Crippen molar-refractivity contribution in [2.45, 2.75) is 26.0 Å². The topological polar surface area (TPSA) is 126 Å². The van der Waals surface area contributed by atoms with E-state index in [1.165, 1.54) is 48.7 Å². The lowest BCUT2D eigenvalue weighted by Gasteiger charge is -2.24. The van der Waals surface area contributed by atoms with Crippen molar-refractivity contribution >= 4 is 33.8 Å². The molecule has 3 aromatic rings. The van der Waals surface area contributed by atoms with Crippen molar-refractivity contribution in [3.8, 4) is 16.9 Å². The van der Waals surface area contributed by atoms with Crippen LogP contribution in [0.1, 0.15) is 59.9 Å². The highest BCUT2D eigenvalue weighted by Crippen LogP contribution is 2.38. The summed E-state index contributed by atoms with van der Waals surface area (Å²) in [5.41, 5.74) is -5.41. The largest absolute Gasteiger partial charge is 0.496 e. The molecule has 0 unspecified atom stereocenters. The number of pyridine rings is 1. The normalized spacial score (nSPS) is 16.9. The number of rotatable bonds is 7. The fourth-order valence-corrected chi connectivity index (χ4v) is 3.98. The maximum Gasteiger partial charge on any atom is 0.336 e. The molecule has 0 fully saturated rings. The van der Waals surface area contributed by atoms with Gasteiger partial charge in [0.15, 0.2) is 0 Å². The summed E-state index contributed by atoms with van der Waals surface area (Å²) in [7, 11) is -2.66. The van der Waals surface area contributed by atoms with Gasteiger partial charge in [0.2, 0.25) is 10.0 Å². The molecular weight excluding hydrogens is 468 g/mol. The fourth-order valence-electron chi connectivity index (χ4n) is 3.43. The zero-order valence-electron chi connectivity index (χ0n) is 27.7. The van der Waals surface area contributed by atoms with Gasteiger partial charge in [-0.1, -0.05) is 38.8 Å². The lowest BCUT2D eigenvalue weighted by atomic mass is 9.83. The molecule has 1 heterocycles. The summed E-state index contributed by atoms with van der Waals surface area (Å²) in [6, 6.07) is 8.76. The number of ether oxygens (including phenoxy) is 1. The number of aromatic nitrogens is 1. The van der Waals surface area contributed by atoms with Gasteiger partial charge in [0.25, 0.3) is 5.56 Å². The molecule has 0 saturated carbocycles. The Morgan fingerprint density at radius 1 is 1.14 bits per heavy atom. The maximum absolute atomic E-state index is 12.7. The molecule has 8 nitrogen and oxygen atoms in total. The number of aromatic amines is 1. The summed E-state index contributed by atoms with van der Waals surface area (Å²) in [6.45, 7) is -11.0. The third-order valence-electron chi connectivity index (χ3n) is 4.88. The first-order chi connectivity index (χ1) is 20.0. The molecule has 9 heteroatoms. The predicted molar refractivity (Wildman–Crippen MR) is 139 cm³/mol. The van der Waals surface area contributed by atoms with Crippen molar-refractivity contribution in [3.63, 3.8) is 0 Å². The minimum absolute atomic E-state index is 0.0370. The van der Waals surface area contributed by atoms with Crippen molar-refractivity contribution in [3.05, 3.63) is 81.3 Å². The molecule has 0 saturated heterocycles. The average molecular weight is 506 g/mol. The highest BCUT2D eigenvalue weighted by atomic mass is 32.2. The minimum atomic E-state index is -3.73.